The molecule has 0 saturated carbocycles. The number of nitro benzene ring substituents is 1. The van der Waals surface area contributed by atoms with E-state index in [9.17, 15) is 14.9 Å². The summed E-state index contributed by atoms with van der Waals surface area (Å²) in [5.74, 6) is -0.320. The first kappa shape index (κ1) is 14.2. The summed E-state index contributed by atoms with van der Waals surface area (Å²) in [7, 11) is 0. The van der Waals surface area contributed by atoms with Gasteiger partial charge >= 0.3 is 0 Å². The predicted molar refractivity (Wildman–Crippen MR) is 84.8 cm³/mol. The quantitative estimate of drug-likeness (QED) is 0.635. The lowest BCUT2D eigenvalue weighted by atomic mass is 9.84. The minimum Gasteiger partial charge on any atom is -0.293 e. The molecule has 1 atom stereocenters. The molecule has 0 heterocycles. The first-order valence-electron chi connectivity index (χ1n) is 7.11. The average molecular weight is 293 g/mol. The minimum atomic E-state index is -0.448. The number of hydrogen-bond acceptors (Lipinski definition) is 3. The molecule has 1 unspecified atom stereocenters. The fourth-order valence-corrected chi connectivity index (χ4v) is 2.74. The van der Waals surface area contributed by atoms with Crippen LogP contribution in [0.15, 0.2) is 48.5 Å². The van der Waals surface area contributed by atoms with E-state index in [1.54, 1.807) is 24.3 Å². The van der Waals surface area contributed by atoms with Crippen molar-refractivity contribution in [3.8, 4) is 0 Å². The summed E-state index contributed by atoms with van der Waals surface area (Å²) in [5.41, 5.74) is 3.10. The van der Waals surface area contributed by atoms with E-state index in [1.165, 1.54) is 11.6 Å². The fraction of sp³-hybridized carbons (Fsp3) is 0.167. The number of ketones is 1. The molecule has 4 nitrogen and oxygen atoms in total. The molecule has 2 aromatic carbocycles. The van der Waals surface area contributed by atoms with Crippen molar-refractivity contribution >= 4 is 17.5 Å². The molecule has 0 aromatic heterocycles. The maximum atomic E-state index is 12.6. The summed E-state index contributed by atoms with van der Waals surface area (Å²) >= 11 is 0. The monoisotopic (exact) mass is 293 g/mol. The Balaban J connectivity index is 1.91. The summed E-state index contributed by atoms with van der Waals surface area (Å²) in [6.07, 6.45) is 4.09. The summed E-state index contributed by atoms with van der Waals surface area (Å²) < 4.78 is 0. The van der Waals surface area contributed by atoms with Crippen LogP contribution in [-0.2, 0) is 6.42 Å². The molecular formula is C18H15NO3. The van der Waals surface area contributed by atoms with Crippen molar-refractivity contribution in [3.05, 3.63) is 80.9 Å². The van der Waals surface area contributed by atoms with Gasteiger partial charge in [-0.15, -0.1) is 0 Å². The third-order valence-electron chi connectivity index (χ3n) is 3.95. The average Bonchev–Trinajstić information content (AvgIpc) is 2.51. The second-order valence-electron chi connectivity index (χ2n) is 5.52. The van der Waals surface area contributed by atoms with Gasteiger partial charge in [0.2, 0.25) is 0 Å². The topological polar surface area (TPSA) is 60.2 Å². The Labute approximate surface area is 128 Å². The molecule has 22 heavy (non-hydrogen) atoms. The number of carbonyl (C=O) groups is 1. The number of nitro groups is 1. The van der Waals surface area contributed by atoms with Crippen molar-refractivity contribution in [1.29, 1.82) is 0 Å². The summed E-state index contributed by atoms with van der Waals surface area (Å²) in [6.45, 7) is 2.02. The number of allylic oxidation sites excluding steroid dienone is 1. The van der Waals surface area contributed by atoms with E-state index in [0.29, 0.717) is 17.5 Å². The van der Waals surface area contributed by atoms with Crippen LogP contribution in [0.25, 0.3) is 6.08 Å². The molecule has 0 aliphatic heterocycles. The second kappa shape index (κ2) is 5.56. The van der Waals surface area contributed by atoms with Gasteiger partial charge in [0.15, 0.2) is 5.78 Å². The Hall–Kier alpha value is -2.75. The van der Waals surface area contributed by atoms with E-state index in [0.717, 1.165) is 5.56 Å². The molecule has 0 N–H and O–H groups in total. The van der Waals surface area contributed by atoms with Gasteiger partial charge in [0.1, 0.15) is 0 Å². The van der Waals surface area contributed by atoms with Crippen LogP contribution in [-0.4, -0.2) is 10.7 Å². The molecule has 4 heteroatoms. The predicted octanol–water partition coefficient (Wildman–Crippen LogP) is 3.97. The van der Waals surface area contributed by atoms with Gasteiger partial charge in [0.25, 0.3) is 5.69 Å². The number of carbonyl (C=O) groups excluding carboxylic acids is 1. The van der Waals surface area contributed by atoms with Crippen LogP contribution in [0.2, 0.25) is 0 Å². The molecule has 0 fully saturated rings. The number of nitrogens with zero attached hydrogens (tertiary/aromatic N) is 1. The van der Waals surface area contributed by atoms with Crippen LogP contribution in [0.3, 0.4) is 0 Å². The highest BCUT2D eigenvalue weighted by atomic mass is 16.6. The minimum absolute atomic E-state index is 0.0177. The van der Waals surface area contributed by atoms with Crippen LogP contribution >= 0.6 is 0 Å². The Bertz CT molecular complexity index is 775. The van der Waals surface area contributed by atoms with Gasteiger partial charge < -0.3 is 0 Å². The zero-order chi connectivity index (χ0) is 15.7. The Morgan fingerprint density at radius 2 is 1.86 bits per heavy atom. The van der Waals surface area contributed by atoms with Crippen molar-refractivity contribution in [2.45, 2.75) is 13.3 Å². The summed E-state index contributed by atoms with van der Waals surface area (Å²) in [5, 5.41) is 11.0. The van der Waals surface area contributed by atoms with Crippen molar-refractivity contribution in [2.24, 2.45) is 5.92 Å². The lowest BCUT2D eigenvalue weighted by molar-refractivity contribution is -0.385. The number of aryl methyl sites for hydroxylation is 1. The highest BCUT2D eigenvalue weighted by Gasteiger charge is 2.28. The lowest BCUT2D eigenvalue weighted by Gasteiger charge is -2.18. The van der Waals surface area contributed by atoms with Crippen LogP contribution in [0, 0.1) is 23.0 Å². The summed E-state index contributed by atoms with van der Waals surface area (Å²) in [6, 6.07) is 12.7. The molecule has 1 aliphatic rings. The van der Waals surface area contributed by atoms with E-state index < -0.39 is 4.92 Å². The third-order valence-corrected chi connectivity index (χ3v) is 3.95. The zero-order valence-electron chi connectivity index (χ0n) is 12.2. The largest absolute Gasteiger partial charge is 0.293 e. The molecule has 1 aliphatic carbocycles. The lowest BCUT2D eigenvalue weighted by Crippen LogP contribution is -2.19. The highest BCUT2D eigenvalue weighted by molar-refractivity contribution is 6.05. The van der Waals surface area contributed by atoms with Crippen molar-refractivity contribution in [2.75, 3.05) is 0 Å². The number of Topliss-reactive ketones (excluding diaryl/α,β-unsaturated/α-hetero) is 1. The fourth-order valence-electron chi connectivity index (χ4n) is 2.74. The van der Waals surface area contributed by atoms with Crippen LogP contribution in [0.4, 0.5) is 5.69 Å². The third kappa shape index (κ3) is 2.55. The number of fused-ring (bicyclic) bond motifs is 1. The second-order valence-corrected chi connectivity index (χ2v) is 5.52. The van der Waals surface area contributed by atoms with Gasteiger partial charge in [-0.25, -0.2) is 0 Å². The van der Waals surface area contributed by atoms with E-state index >= 15 is 0 Å². The SMILES string of the molecule is Cc1ccc(CC2C=Cc3c(cccc3[N+](=O)[O-])C2=O)cc1. The van der Waals surface area contributed by atoms with Gasteiger partial charge in [-0.3, -0.25) is 14.9 Å². The van der Waals surface area contributed by atoms with Gasteiger partial charge in [-0.05, 0) is 18.9 Å². The van der Waals surface area contributed by atoms with Crippen molar-refractivity contribution < 1.29 is 9.72 Å². The Kier molecular flexibility index (Phi) is 3.59. The Morgan fingerprint density at radius 1 is 1.14 bits per heavy atom. The molecule has 0 amide bonds. The maximum Gasteiger partial charge on any atom is 0.277 e. The molecule has 0 saturated heterocycles. The van der Waals surface area contributed by atoms with Gasteiger partial charge in [-0.1, -0.05) is 54.1 Å². The van der Waals surface area contributed by atoms with Crippen LogP contribution in [0.5, 0.6) is 0 Å². The molecule has 0 spiro atoms. The van der Waals surface area contributed by atoms with E-state index in [-0.39, 0.29) is 17.4 Å². The maximum absolute atomic E-state index is 12.6. The molecule has 0 bridgehead atoms. The van der Waals surface area contributed by atoms with Gasteiger partial charge in [0, 0.05) is 17.5 Å². The number of hydrogen-bond donors (Lipinski definition) is 0. The number of rotatable bonds is 3. The van der Waals surface area contributed by atoms with Gasteiger partial charge in [0.05, 0.1) is 10.5 Å². The molecule has 3 rings (SSSR count). The van der Waals surface area contributed by atoms with Crippen molar-refractivity contribution in [3.63, 3.8) is 0 Å². The normalized spacial score (nSPS) is 16.4. The molecule has 110 valence electrons. The Morgan fingerprint density at radius 3 is 2.55 bits per heavy atom. The molecular weight excluding hydrogens is 278 g/mol. The van der Waals surface area contributed by atoms with Crippen molar-refractivity contribution in [1.82, 2.24) is 0 Å². The summed E-state index contributed by atoms with van der Waals surface area (Å²) in [4.78, 5) is 23.2. The standard InChI is InChI=1S/C18H15NO3/c1-12-5-7-13(8-6-12)11-14-9-10-15-16(18(14)20)3-2-4-17(15)19(21)22/h2-10,14H,11H2,1H3. The van der Waals surface area contributed by atoms with Crippen LogP contribution in [0.1, 0.15) is 27.0 Å². The first-order chi connectivity index (χ1) is 10.6. The smallest absolute Gasteiger partial charge is 0.277 e. The van der Waals surface area contributed by atoms with E-state index in [2.05, 4.69) is 0 Å². The molecule has 2 aromatic rings. The van der Waals surface area contributed by atoms with Gasteiger partial charge in [-0.2, -0.15) is 0 Å². The number of benzene rings is 2. The zero-order valence-corrected chi connectivity index (χ0v) is 12.2. The van der Waals surface area contributed by atoms with E-state index in [1.807, 2.05) is 31.2 Å². The highest BCUT2D eigenvalue weighted by Crippen LogP contribution is 2.31. The molecule has 0 radical (unpaired) electrons. The van der Waals surface area contributed by atoms with E-state index in [4.69, 9.17) is 0 Å². The van der Waals surface area contributed by atoms with Crippen LogP contribution < -0.4 is 0 Å². The first-order valence-corrected chi connectivity index (χ1v) is 7.11.